The normalized spacial score (nSPS) is 10.6. The molecule has 0 amide bonds. The largest absolute Gasteiger partial charge is 0.462 e. The van der Waals surface area contributed by atoms with Gasteiger partial charge in [-0.25, -0.2) is 14.5 Å². The highest BCUT2D eigenvalue weighted by Gasteiger charge is 2.18. The van der Waals surface area contributed by atoms with Gasteiger partial charge in [0, 0.05) is 23.1 Å². The topological polar surface area (TPSA) is 99.0 Å². The van der Waals surface area contributed by atoms with Crippen molar-refractivity contribution in [2.45, 2.75) is 27.7 Å². The van der Waals surface area contributed by atoms with Gasteiger partial charge in [-0.3, -0.25) is 4.79 Å². The molecule has 1 aromatic carbocycles. The molecule has 0 spiro atoms. The molecule has 0 unspecified atom stereocenters. The number of rotatable bonds is 6. The molecule has 2 heterocycles. The number of ether oxygens (including phenoxy) is 1. The summed E-state index contributed by atoms with van der Waals surface area (Å²) < 4.78 is 6.71. The molecule has 0 bridgehead atoms. The average molecular weight is 379 g/mol. The second-order valence-electron chi connectivity index (χ2n) is 6.25. The molecule has 0 saturated heterocycles. The lowest BCUT2D eigenvalue weighted by atomic mass is 10.1. The summed E-state index contributed by atoms with van der Waals surface area (Å²) in [5.41, 5.74) is 3.20. The molecule has 8 heteroatoms. The maximum absolute atomic E-state index is 12.3. The number of carbonyl (C=O) groups excluding carboxylic acids is 2. The van der Waals surface area contributed by atoms with Gasteiger partial charge in [0.1, 0.15) is 5.56 Å². The first kappa shape index (κ1) is 19.2. The molecule has 0 radical (unpaired) electrons. The van der Waals surface area contributed by atoms with E-state index in [4.69, 9.17) is 4.74 Å². The van der Waals surface area contributed by atoms with Gasteiger partial charge in [0.2, 0.25) is 0 Å². The van der Waals surface area contributed by atoms with Crippen LogP contribution in [0.25, 0.3) is 5.95 Å². The van der Waals surface area contributed by atoms with Crippen LogP contribution in [0.1, 0.15) is 46.0 Å². The van der Waals surface area contributed by atoms with Crippen LogP contribution in [0.4, 0.5) is 11.5 Å². The van der Waals surface area contributed by atoms with Gasteiger partial charge >= 0.3 is 5.97 Å². The summed E-state index contributed by atoms with van der Waals surface area (Å²) >= 11 is 0. The maximum Gasteiger partial charge on any atom is 0.343 e. The Kier molecular flexibility index (Phi) is 5.49. The fourth-order valence-electron chi connectivity index (χ4n) is 2.68. The van der Waals surface area contributed by atoms with E-state index < -0.39 is 5.97 Å². The van der Waals surface area contributed by atoms with Crippen LogP contribution in [0.15, 0.2) is 36.5 Å². The number of nitrogens with zero attached hydrogens (tertiary/aromatic N) is 4. The van der Waals surface area contributed by atoms with Crippen molar-refractivity contribution in [2.24, 2.45) is 0 Å². The van der Waals surface area contributed by atoms with Crippen molar-refractivity contribution in [3.63, 3.8) is 0 Å². The zero-order valence-corrected chi connectivity index (χ0v) is 16.2. The first-order valence-electron chi connectivity index (χ1n) is 8.85. The molecule has 0 atom stereocenters. The van der Waals surface area contributed by atoms with E-state index >= 15 is 0 Å². The molecule has 3 rings (SSSR count). The number of carbonyl (C=O) groups is 2. The van der Waals surface area contributed by atoms with Crippen LogP contribution in [0.3, 0.4) is 0 Å². The van der Waals surface area contributed by atoms with E-state index in [1.165, 1.54) is 13.1 Å². The number of ketones is 1. The molecule has 28 heavy (non-hydrogen) atoms. The Bertz CT molecular complexity index is 1020. The van der Waals surface area contributed by atoms with Gasteiger partial charge in [-0.05, 0) is 58.0 Å². The second-order valence-corrected chi connectivity index (χ2v) is 6.25. The second kappa shape index (κ2) is 7.99. The molecular formula is C20H21N5O3. The minimum absolute atomic E-state index is 0.0207. The van der Waals surface area contributed by atoms with Crippen molar-refractivity contribution in [2.75, 3.05) is 11.9 Å². The Morgan fingerprint density at radius 2 is 1.89 bits per heavy atom. The van der Waals surface area contributed by atoms with Crippen LogP contribution >= 0.6 is 0 Å². The van der Waals surface area contributed by atoms with Crippen molar-refractivity contribution in [1.82, 2.24) is 19.7 Å². The van der Waals surface area contributed by atoms with E-state index in [2.05, 4.69) is 20.4 Å². The lowest BCUT2D eigenvalue weighted by Crippen LogP contribution is -2.13. The van der Waals surface area contributed by atoms with E-state index in [1.807, 2.05) is 19.9 Å². The van der Waals surface area contributed by atoms with Crippen molar-refractivity contribution in [3.8, 4) is 5.95 Å². The molecular weight excluding hydrogens is 358 g/mol. The van der Waals surface area contributed by atoms with Gasteiger partial charge in [0.05, 0.1) is 12.3 Å². The number of nitrogens with one attached hydrogen (secondary N) is 1. The highest BCUT2D eigenvalue weighted by molar-refractivity contribution is 5.96. The number of aromatic nitrogens is 4. The first-order chi connectivity index (χ1) is 13.4. The summed E-state index contributed by atoms with van der Waals surface area (Å²) in [6, 6.07) is 8.82. The Morgan fingerprint density at radius 3 is 2.46 bits per heavy atom. The Balaban J connectivity index is 2.01. The highest BCUT2D eigenvalue weighted by Crippen LogP contribution is 2.21. The van der Waals surface area contributed by atoms with E-state index in [0.29, 0.717) is 23.0 Å². The van der Waals surface area contributed by atoms with Crippen molar-refractivity contribution in [3.05, 3.63) is 59.0 Å². The molecule has 0 saturated carbocycles. The summed E-state index contributed by atoms with van der Waals surface area (Å²) in [5.74, 6) is 0.0889. The molecule has 0 aliphatic carbocycles. The predicted molar refractivity (Wildman–Crippen MR) is 104 cm³/mol. The van der Waals surface area contributed by atoms with Crippen molar-refractivity contribution >= 4 is 23.3 Å². The molecule has 0 aliphatic heterocycles. The smallest absolute Gasteiger partial charge is 0.343 e. The van der Waals surface area contributed by atoms with Gasteiger partial charge in [-0.2, -0.15) is 10.1 Å². The zero-order valence-electron chi connectivity index (χ0n) is 16.2. The molecule has 8 nitrogen and oxygen atoms in total. The predicted octanol–water partition coefficient (Wildman–Crippen LogP) is 3.40. The van der Waals surface area contributed by atoms with Gasteiger partial charge in [0.25, 0.3) is 5.95 Å². The Morgan fingerprint density at radius 1 is 1.18 bits per heavy atom. The number of hydrogen-bond donors (Lipinski definition) is 1. The van der Waals surface area contributed by atoms with Crippen LogP contribution in [0, 0.1) is 13.8 Å². The Labute approximate surface area is 162 Å². The quantitative estimate of drug-likeness (QED) is 0.517. The minimum Gasteiger partial charge on any atom is -0.462 e. The van der Waals surface area contributed by atoms with Gasteiger partial charge in [-0.1, -0.05) is 0 Å². The van der Waals surface area contributed by atoms with Crippen LogP contribution in [0.2, 0.25) is 0 Å². The molecule has 2 aromatic heterocycles. The van der Waals surface area contributed by atoms with Gasteiger partial charge in [0.15, 0.2) is 11.6 Å². The number of benzene rings is 1. The fourth-order valence-corrected chi connectivity index (χ4v) is 2.68. The number of hydrogen-bond acceptors (Lipinski definition) is 7. The van der Waals surface area contributed by atoms with E-state index in [0.717, 1.165) is 11.4 Å². The third kappa shape index (κ3) is 4.06. The average Bonchev–Trinajstić information content (AvgIpc) is 3.00. The monoisotopic (exact) mass is 379 g/mol. The summed E-state index contributed by atoms with van der Waals surface area (Å²) in [7, 11) is 0. The molecule has 0 aliphatic rings. The number of anilines is 2. The lowest BCUT2D eigenvalue weighted by Gasteiger charge is -2.12. The zero-order chi connectivity index (χ0) is 20.3. The van der Waals surface area contributed by atoms with Crippen LogP contribution in [0.5, 0.6) is 0 Å². The molecule has 1 N–H and O–H groups in total. The SMILES string of the molecule is CCOC(=O)c1cnc(-n2nc(C)cc2C)nc1Nc1ccc(C(C)=O)cc1. The standard InChI is InChI=1S/C20H21N5O3/c1-5-28-19(27)17-11-21-20(25-13(3)10-12(2)24-25)23-18(17)22-16-8-6-15(7-9-16)14(4)26/h6-11H,5H2,1-4H3,(H,21,22,23). The lowest BCUT2D eigenvalue weighted by molar-refractivity contribution is 0.0526. The minimum atomic E-state index is -0.523. The van der Waals surface area contributed by atoms with E-state index in [9.17, 15) is 9.59 Å². The highest BCUT2D eigenvalue weighted by atomic mass is 16.5. The van der Waals surface area contributed by atoms with Gasteiger partial charge < -0.3 is 10.1 Å². The Hall–Kier alpha value is -3.55. The molecule has 3 aromatic rings. The number of esters is 1. The third-order valence-electron chi connectivity index (χ3n) is 4.02. The van der Waals surface area contributed by atoms with Crippen LogP contribution < -0.4 is 5.32 Å². The summed E-state index contributed by atoms with van der Waals surface area (Å²) in [6.45, 7) is 7.26. The maximum atomic E-state index is 12.3. The molecule has 0 fully saturated rings. The summed E-state index contributed by atoms with van der Waals surface area (Å²) in [5, 5.41) is 7.49. The van der Waals surface area contributed by atoms with E-state index in [-0.39, 0.29) is 18.0 Å². The first-order valence-corrected chi connectivity index (χ1v) is 8.85. The van der Waals surface area contributed by atoms with Crippen molar-refractivity contribution < 1.29 is 14.3 Å². The summed E-state index contributed by atoms with van der Waals surface area (Å²) in [4.78, 5) is 32.5. The van der Waals surface area contributed by atoms with Crippen LogP contribution in [-0.2, 0) is 4.74 Å². The number of aryl methyl sites for hydroxylation is 2. The van der Waals surface area contributed by atoms with E-state index in [1.54, 1.807) is 35.9 Å². The fraction of sp³-hybridized carbons (Fsp3) is 0.250. The number of Topliss-reactive ketones (excluding diaryl/α,β-unsaturated/α-hetero) is 1. The van der Waals surface area contributed by atoms with Crippen LogP contribution in [-0.4, -0.2) is 38.1 Å². The van der Waals surface area contributed by atoms with Crippen molar-refractivity contribution in [1.29, 1.82) is 0 Å². The van der Waals surface area contributed by atoms with Gasteiger partial charge in [-0.15, -0.1) is 0 Å². The summed E-state index contributed by atoms with van der Waals surface area (Å²) in [6.07, 6.45) is 1.42. The third-order valence-corrected chi connectivity index (χ3v) is 4.02. The molecule has 144 valence electrons.